The van der Waals surface area contributed by atoms with Gasteiger partial charge in [0.2, 0.25) is 0 Å². The van der Waals surface area contributed by atoms with Gasteiger partial charge in [0.1, 0.15) is 11.1 Å². The second-order valence-electron chi connectivity index (χ2n) is 5.55. The number of nitrogens with zero attached hydrogens (tertiary/aromatic N) is 2. The van der Waals surface area contributed by atoms with E-state index in [1.165, 1.54) is 11.3 Å². The van der Waals surface area contributed by atoms with E-state index in [1.807, 2.05) is 0 Å². The van der Waals surface area contributed by atoms with E-state index in [-0.39, 0.29) is 5.91 Å². The van der Waals surface area contributed by atoms with Gasteiger partial charge in [-0.05, 0) is 36.7 Å². The Balaban J connectivity index is 1.89. The van der Waals surface area contributed by atoms with Crippen molar-refractivity contribution in [2.45, 2.75) is 19.9 Å². The van der Waals surface area contributed by atoms with Gasteiger partial charge in [0.25, 0.3) is 5.91 Å². The summed E-state index contributed by atoms with van der Waals surface area (Å²) >= 11 is 13.4. The molecule has 0 spiro atoms. The molecule has 0 saturated carbocycles. The normalized spacial score (nSPS) is 14.1. The molecular formula is C17H15Cl2N3OS. The summed E-state index contributed by atoms with van der Waals surface area (Å²) < 4.78 is 0. The molecule has 1 amide bonds. The van der Waals surface area contributed by atoms with Crippen LogP contribution in [0.15, 0.2) is 18.2 Å². The fourth-order valence-corrected chi connectivity index (χ4v) is 4.55. The molecule has 0 atom stereocenters. The van der Waals surface area contributed by atoms with Crippen molar-refractivity contribution < 1.29 is 4.79 Å². The highest BCUT2D eigenvalue weighted by Crippen LogP contribution is 2.37. The van der Waals surface area contributed by atoms with Crippen LogP contribution < -0.4 is 5.32 Å². The summed E-state index contributed by atoms with van der Waals surface area (Å²) in [4.78, 5) is 16.0. The highest BCUT2D eigenvalue weighted by molar-refractivity contribution is 7.16. The van der Waals surface area contributed by atoms with E-state index in [2.05, 4.69) is 23.2 Å². The summed E-state index contributed by atoms with van der Waals surface area (Å²) in [5, 5.41) is 13.8. The minimum absolute atomic E-state index is 0.318. The zero-order chi connectivity index (χ0) is 17.3. The number of nitrogens with one attached hydrogen (secondary N) is 1. The topological polar surface area (TPSA) is 56.1 Å². The number of carbonyl (C=O) groups is 1. The zero-order valence-corrected chi connectivity index (χ0v) is 15.4. The Labute approximate surface area is 154 Å². The number of anilines is 1. The number of nitriles is 1. The predicted octanol–water partition coefficient (Wildman–Crippen LogP) is 4.56. The number of halogens is 2. The molecule has 1 aliphatic heterocycles. The molecule has 3 rings (SSSR count). The van der Waals surface area contributed by atoms with Gasteiger partial charge in [0, 0.05) is 33.6 Å². The third-order valence-corrected chi connectivity index (χ3v) is 5.62. The van der Waals surface area contributed by atoms with Crippen LogP contribution in [0.3, 0.4) is 0 Å². The van der Waals surface area contributed by atoms with Crippen LogP contribution in [0.2, 0.25) is 10.0 Å². The molecule has 1 aliphatic rings. The van der Waals surface area contributed by atoms with Crippen LogP contribution in [-0.2, 0) is 13.0 Å². The number of likely N-dealkylation sites (N-methyl/N-ethyl adjacent to an activating group) is 1. The van der Waals surface area contributed by atoms with Gasteiger partial charge in [-0.25, -0.2) is 0 Å². The minimum Gasteiger partial charge on any atom is -0.312 e. The van der Waals surface area contributed by atoms with Crippen LogP contribution in [-0.4, -0.2) is 23.9 Å². The van der Waals surface area contributed by atoms with Gasteiger partial charge in [-0.15, -0.1) is 11.3 Å². The molecule has 2 aromatic rings. The molecule has 0 aliphatic carbocycles. The largest absolute Gasteiger partial charge is 0.312 e. The molecule has 0 radical (unpaired) electrons. The van der Waals surface area contributed by atoms with E-state index >= 15 is 0 Å². The number of amides is 1. The number of rotatable bonds is 3. The summed E-state index contributed by atoms with van der Waals surface area (Å²) in [6.07, 6.45) is 0.835. The average molecular weight is 380 g/mol. The van der Waals surface area contributed by atoms with Crippen LogP contribution in [0, 0.1) is 11.3 Å². The van der Waals surface area contributed by atoms with Crippen LogP contribution in [0.1, 0.15) is 33.3 Å². The van der Waals surface area contributed by atoms with E-state index < -0.39 is 0 Å². The summed E-state index contributed by atoms with van der Waals surface area (Å²) in [6, 6.07) is 6.93. The maximum atomic E-state index is 12.5. The van der Waals surface area contributed by atoms with E-state index in [1.54, 1.807) is 18.2 Å². The third kappa shape index (κ3) is 3.42. The van der Waals surface area contributed by atoms with Gasteiger partial charge >= 0.3 is 0 Å². The first-order valence-electron chi connectivity index (χ1n) is 7.56. The second kappa shape index (κ2) is 7.12. The van der Waals surface area contributed by atoms with Gasteiger partial charge in [0.15, 0.2) is 0 Å². The van der Waals surface area contributed by atoms with E-state index in [9.17, 15) is 10.1 Å². The van der Waals surface area contributed by atoms with Crippen LogP contribution >= 0.6 is 34.5 Å². The smallest absolute Gasteiger partial charge is 0.256 e. The van der Waals surface area contributed by atoms with Gasteiger partial charge in [-0.3, -0.25) is 9.69 Å². The minimum atomic E-state index is -0.318. The number of benzene rings is 1. The number of fused-ring (bicyclic) bond motifs is 1. The number of thiophene rings is 1. The molecule has 1 N–H and O–H groups in total. The summed E-state index contributed by atoms with van der Waals surface area (Å²) in [5.74, 6) is -0.318. The van der Waals surface area contributed by atoms with Crippen molar-refractivity contribution in [3.63, 3.8) is 0 Å². The third-order valence-electron chi connectivity index (χ3n) is 4.05. The van der Waals surface area contributed by atoms with Crippen LogP contribution in [0.5, 0.6) is 0 Å². The molecule has 24 heavy (non-hydrogen) atoms. The number of hydrogen-bond donors (Lipinski definition) is 1. The lowest BCUT2D eigenvalue weighted by molar-refractivity contribution is 0.102. The van der Waals surface area contributed by atoms with Gasteiger partial charge in [-0.2, -0.15) is 5.26 Å². The van der Waals surface area contributed by atoms with Crippen molar-refractivity contribution in [3.8, 4) is 6.07 Å². The van der Waals surface area contributed by atoms with Crippen molar-refractivity contribution in [2.75, 3.05) is 18.4 Å². The molecule has 1 aromatic carbocycles. The first-order chi connectivity index (χ1) is 11.5. The second-order valence-corrected chi connectivity index (χ2v) is 7.53. The van der Waals surface area contributed by atoms with E-state index in [0.717, 1.165) is 36.5 Å². The predicted molar refractivity (Wildman–Crippen MR) is 98.1 cm³/mol. The van der Waals surface area contributed by atoms with Crippen molar-refractivity contribution in [3.05, 3.63) is 49.8 Å². The molecule has 7 heteroatoms. The highest BCUT2D eigenvalue weighted by atomic mass is 35.5. The van der Waals surface area contributed by atoms with Gasteiger partial charge in [-0.1, -0.05) is 30.1 Å². The van der Waals surface area contributed by atoms with Gasteiger partial charge in [0.05, 0.1) is 5.56 Å². The van der Waals surface area contributed by atoms with Crippen LogP contribution in [0.4, 0.5) is 5.00 Å². The summed E-state index contributed by atoms with van der Waals surface area (Å²) in [7, 11) is 0. The van der Waals surface area contributed by atoms with Crippen molar-refractivity contribution in [1.82, 2.24) is 4.90 Å². The van der Waals surface area contributed by atoms with Crippen molar-refractivity contribution >= 4 is 45.4 Å². The number of carbonyl (C=O) groups excluding carboxylic acids is 1. The highest BCUT2D eigenvalue weighted by Gasteiger charge is 2.24. The fourth-order valence-electron chi connectivity index (χ4n) is 2.79. The Kier molecular flexibility index (Phi) is 5.12. The summed E-state index contributed by atoms with van der Waals surface area (Å²) in [6.45, 7) is 4.85. The lowest BCUT2D eigenvalue weighted by Gasteiger charge is -2.24. The van der Waals surface area contributed by atoms with Gasteiger partial charge < -0.3 is 5.32 Å². The lowest BCUT2D eigenvalue weighted by Crippen LogP contribution is -2.29. The molecule has 0 fully saturated rings. The fraction of sp³-hybridized carbons (Fsp3) is 0.294. The Bertz CT molecular complexity index is 821. The molecule has 124 valence electrons. The maximum absolute atomic E-state index is 12.5. The van der Waals surface area contributed by atoms with Crippen molar-refractivity contribution in [1.29, 1.82) is 5.26 Å². The number of hydrogen-bond acceptors (Lipinski definition) is 4. The molecule has 4 nitrogen and oxygen atoms in total. The van der Waals surface area contributed by atoms with Crippen LogP contribution in [0.25, 0.3) is 0 Å². The Morgan fingerprint density at radius 2 is 2.08 bits per heavy atom. The first kappa shape index (κ1) is 17.2. The monoisotopic (exact) mass is 379 g/mol. The van der Waals surface area contributed by atoms with Crippen molar-refractivity contribution in [2.24, 2.45) is 0 Å². The summed E-state index contributed by atoms with van der Waals surface area (Å²) in [5.41, 5.74) is 2.01. The Morgan fingerprint density at radius 3 is 2.71 bits per heavy atom. The maximum Gasteiger partial charge on any atom is 0.256 e. The first-order valence-corrected chi connectivity index (χ1v) is 9.13. The Hall–Kier alpha value is -1.58. The van der Waals surface area contributed by atoms with E-state index in [4.69, 9.17) is 23.2 Å². The molecular weight excluding hydrogens is 365 g/mol. The zero-order valence-electron chi connectivity index (χ0n) is 13.0. The molecule has 1 aromatic heterocycles. The Morgan fingerprint density at radius 1 is 1.38 bits per heavy atom. The average Bonchev–Trinajstić information content (AvgIpc) is 2.89. The molecule has 0 unspecified atom stereocenters. The molecule has 0 saturated heterocycles. The standard InChI is InChI=1S/C17H15Cl2N3OS/c1-2-22-4-3-13-14(8-20)17(24-15(13)9-22)21-16(23)10-5-11(18)7-12(19)6-10/h5-7H,2-4,9H2,1H3,(H,21,23). The molecule has 2 heterocycles. The molecule has 0 bridgehead atoms. The SMILES string of the molecule is CCN1CCc2c(sc(NC(=O)c3cc(Cl)cc(Cl)c3)c2C#N)C1. The van der Waals surface area contributed by atoms with E-state index in [0.29, 0.717) is 26.2 Å². The quantitative estimate of drug-likeness (QED) is 0.850. The lowest BCUT2D eigenvalue weighted by atomic mass is 10.0.